The van der Waals surface area contributed by atoms with Crippen molar-refractivity contribution in [3.8, 4) is 11.5 Å². The third kappa shape index (κ3) is 6.36. The highest BCUT2D eigenvalue weighted by molar-refractivity contribution is 9.10. The van der Waals surface area contributed by atoms with Crippen molar-refractivity contribution in [2.75, 3.05) is 46.5 Å². The number of methoxy groups -OCH3 is 1. The van der Waals surface area contributed by atoms with E-state index >= 15 is 0 Å². The predicted octanol–water partition coefficient (Wildman–Crippen LogP) is 4.11. The molecule has 0 spiro atoms. The minimum atomic E-state index is 0.448. The number of nitrogens with one attached hydrogen (secondary N) is 1. The van der Waals surface area contributed by atoms with Crippen molar-refractivity contribution < 1.29 is 14.2 Å². The summed E-state index contributed by atoms with van der Waals surface area (Å²) in [5, 5.41) is 4.21. The van der Waals surface area contributed by atoms with Gasteiger partial charge in [0.25, 0.3) is 0 Å². The number of benzene rings is 2. The van der Waals surface area contributed by atoms with Crippen LogP contribution in [-0.4, -0.2) is 51.4 Å². The Labute approximate surface area is 180 Å². The smallest absolute Gasteiger partial charge is 0.175 e. The molecule has 1 aliphatic rings. The number of ether oxygens (including phenoxy) is 3. The molecule has 0 aromatic heterocycles. The lowest BCUT2D eigenvalue weighted by molar-refractivity contribution is 0.0384. The molecule has 3 rings (SSSR count). The zero-order valence-corrected chi connectivity index (χ0v) is 18.4. The number of hydrogen-bond acceptors (Lipinski definition) is 5. The molecule has 5 nitrogen and oxygen atoms in total. The van der Waals surface area contributed by atoms with Gasteiger partial charge in [0.05, 0.1) is 24.8 Å². The van der Waals surface area contributed by atoms with Gasteiger partial charge >= 0.3 is 0 Å². The van der Waals surface area contributed by atoms with Crippen LogP contribution in [0.15, 0.2) is 40.9 Å². The molecule has 0 bridgehead atoms. The summed E-state index contributed by atoms with van der Waals surface area (Å²) in [7, 11) is 1.66. The van der Waals surface area contributed by atoms with E-state index in [2.05, 4.69) is 32.2 Å². The Kier molecular flexibility index (Phi) is 8.43. The van der Waals surface area contributed by atoms with E-state index in [9.17, 15) is 0 Å². The highest BCUT2D eigenvalue weighted by Crippen LogP contribution is 2.37. The lowest BCUT2D eigenvalue weighted by Gasteiger charge is -2.26. The third-order valence-corrected chi connectivity index (χ3v) is 5.46. The second-order valence-electron chi connectivity index (χ2n) is 6.65. The van der Waals surface area contributed by atoms with Crippen molar-refractivity contribution >= 4 is 27.5 Å². The number of halogens is 2. The first-order valence-corrected chi connectivity index (χ1v) is 10.6. The molecule has 0 atom stereocenters. The molecule has 1 N–H and O–H groups in total. The molecule has 1 fully saturated rings. The molecule has 2 aromatic rings. The Morgan fingerprint density at radius 1 is 1.14 bits per heavy atom. The Balaban J connectivity index is 1.53. The molecule has 2 aromatic carbocycles. The molecular weight excluding hydrogens is 444 g/mol. The lowest BCUT2D eigenvalue weighted by Crippen LogP contribution is -2.40. The van der Waals surface area contributed by atoms with Crippen LogP contribution in [-0.2, 0) is 17.9 Å². The van der Waals surface area contributed by atoms with Crippen molar-refractivity contribution in [3.63, 3.8) is 0 Å². The van der Waals surface area contributed by atoms with Crippen LogP contribution in [0, 0.1) is 0 Å². The summed E-state index contributed by atoms with van der Waals surface area (Å²) in [5.74, 6) is 1.42. The molecule has 0 amide bonds. The lowest BCUT2D eigenvalue weighted by atomic mass is 10.2. The summed E-state index contributed by atoms with van der Waals surface area (Å²) >= 11 is 9.55. The maximum atomic E-state index is 5.99. The Bertz CT molecular complexity index is 752. The van der Waals surface area contributed by atoms with E-state index in [4.69, 9.17) is 25.8 Å². The van der Waals surface area contributed by atoms with E-state index in [1.807, 2.05) is 30.3 Å². The topological polar surface area (TPSA) is 43.0 Å². The molecule has 28 heavy (non-hydrogen) atoms. The summed E-state index contributed by atoms with van der Waals surface area (Å²) in [5.41, 5.74) is 2.19. The zero-order valence-electron chi connectivity index (χ0n) is 16.0. The van der Waals surface area contributed by atoms with Crippen molar-refractivity contribution in [2.45, 2.75) is 13.2 Å². The molecule has 0 saturated carbocycles. The van der Waals surface area contributed by atoms with Crippen LogP contribution in [0.2, 0.25) is 5.02 Å². The van der Waals surface area contributed by atoms with Gasteiger partial charge in [-0.3, -0.25) is 4.90 Å². The molecule has 1 heterocycles. The normalized spacial score (nSPS) is 14.8. The van der Waals surface area contributed by atoms with Crippen molar-refractivity contribution in [3.05, 3.63) is 57.0 Å². The van der Waals surface area contributed by atoms with Gasteiger partial charge in [-0.05, 0) is 51.3 Å². The van der Waals surface area contributed by atoms with Crippen LogP contribution >= 0.6 is 27.5 Å². The predicted molar refractivity (Wildman–Crippen MR) is 115 cm³/mol. The molecule has 1 saturated heterocycles. The largest absolute Gasteiger partial charge is 0.493 e. The number of nitrogens with zero attached hydrogens (tertiary/aromatic N) is 1. The molecule has 7 heteroatoms. The van der Waals surface area contributed by atoms with Crippen LogP contribution in [0.1, 0.15) is 11.1 Å². The first kappa shape index (κ1) is 21.4. The summed E-state index contributed by atoms with van der Waals surface area (Å²) < 4.78 is 17.8. The van der Waals surface area contributed by atoms with E-state index < -0.39 is 0 Å². The van der Waals surface area contributed by atoms with Crippen LogP contribution in [0.4, 0.5) is 0 Å². The minimum Gasteiger partial charge on any atom is -0.493 e. The van der Waals surface area contributed by atoms with Gasteiger partial charge in [0.15, 0.2) is 11.5 Å². The van der Waals surface area contributed by atoms with Crippen LogP contribution in [0.25, 0.3) is 0 Å². The number of rotatable bonds is 9. The molecule has 1 aliphatic heterocycles. The maximum Gasteiger partial charge on any atom is 0.175 e. The van der Waals surface area contributed by atoms with E-state index in [-0.39, 0.29) is 0 Å². The quantitative estimate of drug-likeness (QED) is 0.560. The average Bonchev–Trinajstić information content (AvgIpc) is 2.72. The Hall–Kier alpha value is -1.31. The van der Waals surface area contributed by atoms with Gasteiger partial charge in [-0.15, -0.1) is 0 Å². The highest BCUT2D eigenvalue weighted by atomic mass is 79.9. The van der Waals surface area contributed by atoms with Gasteiger partial charge in [-0.25, -0.2) is 0 Å². The maximum absolute atomic E-state index is 5.99. The second kappa shape index (κ2) is 11.0. The zero-order chi connectivity index (χ0) is 19.8. The van der Waals surface area contributed by atoms with Crippen molar-refractivity contribution in [2.24, 2.45) is 0 Å². The third-order valence-electron chi connectivity index (χ3n) is 4.62. The molecular formula is C21H26BrClN2O3. The second-order valence-corrected chi connectivity index (χ2v) is 7.95. The van der Waals surface area contributed by atoms with Gasteiger partial charge in [0.2, 0.25) is 0 Å². The standard InChI is InChI=1S/C21H26BrClN2O3/c1-26-20-13-17(14-24-6-7-25-8-10-27-11-9-25)12-19(22)21(20)28-15-16-2-4-18(23)5-3-16/h2-5,12-13,24H,6-11,14-15H2,1H3. The Morgan fingerprint density at radius 2 is 1.89 bits per heavy atom. The monoisotopic (exact) mass is 468 g/mol. The van der Waals surface area contributed by atoms with E-state index in [1.165, 1.54) is 0 Å². The molecule has 0 aliphatic carbocycles. The first-order chi connectivity index (χ1) is 13.7. The van der Waals surface area contributed by atoms with Crippen LogP contribution in [0.3, 0.4) is 0 Å². The molecule has 0 unspecified atom stereocenters. The van der Waals surface area contributed by atoms with Gasteiger partial charge < -0.3 is 19.5 Å². The minimum absolute atomic E-state index is 0.448. The summed E-state index contributed by atoms with van der Waals surface area (Å²) in [4.78, 5) is 2.42. The van der Waals surface area contributed by atoms with Crippen LogP contribution in [0.5, 0.6) is 11.5 Å². The van der Waals surface area contributed by atoms with Crippen molar-refractivity contribution in [1.29, 1.82) is 0 Å². The fourth-order valence-corrected chi connectivity index (χ4v) is 3.78. The SMILES string of the molecule is COc1cc(CNCCN2CCOCC2)cc(Br)c1OCc1ccc(Cl)cc1. The summed E-state index contributed by atoms with van der Waals surface area (Å²) in [6, 6.07) is 11.7. The van der Waals surface area contributed by atoms with Crippen molar-refractivity contribution in [1.82, 2.24) is 10.2 Å². The Morgan fingerprint density at radius 3 is 2.61 bits per heavy atom. The van der Waals surface area contributed by atoms with Gasteiger partial charge in [-0.1, -0.05) is 23.7 Å². The van der Waals surface area contributed by atoms with E-state index in [1.54, 1.807) is 7.11 Å². The number of morpholine rings is 1. The molecule has 0 radical (unpaired) electrons. The van der Waals surface area contributed by atoms with E-state index in [0.717, 1.165) is 61.5 Å². The summed E-state index contributed by atoms with van der Waals surface area (Å²) in [6.07, 6.45) is 0. The fourth-order valence-electron chi connectivity index (χ4n) is 3.05. The van der Waals surface area contributed by atoms with E-state index in [0.29, 0.717) is 23.1 Å². The summed E-state index contributed by atoms with van der Waals surface area (Å²) in [6.45, 7) is 6.89. The van der Waals surface area contributed by atoms with Gasteiger partial charge in [-0.2, -0.15) is 0 Å². The first-order valence-electron chi connectivity index (χ1n) is 9.40. The van der Waals surface area contributed by atoms with Gasteiger partial charge in [0.1, 0.15) is 6.61 Å². The van der Waals surface area contributed by atoms with Gasteiger partial charge in [0, 0.05) is 37.7 Å². The fraction of sp³-hybridized carbons (Fsp3) is 0.429. The number of hydrogen-bond donors (Lipinski definition) is 1. The van der Waals surface area contributed by atoms with Crippen LogP contribution < -0.4 is 14.8 Å². The average molecular weight is 470 g/mol. The highest BCUT2D eigenvalue weighted by Gasteiger charge is 2.13. The molecule has 152 valence electrons.